The summed E-state index contributed by atoms with van der Waals surface area (Å²) < 4.78 is 4.51. The molecule has 6 heteroatoms. The Labute approximate surface area is 254 Å². The van der Waals surface area contributed by atoms with E-state index in [-0.39, 0.29) is 0 Å². The molecule has 4 heterocycles. The number of rotatable bonds is 4. The van der Waals surface area contributed by atoms with Gasteiger partial charge in [0.2, 0.25) is 11.9 Å². The van der Waals surface area contributed by atoms with Gasteiger partial charge in [-0.2, -0.15) is 0 Å². The molecule has 0 amide bonds. The molecule has 0 saturated heterocycles. The van der Waals surface area contributed by atoms with E-state index >= 15 is 0 Å². The molecule has 0 N–H and O–H groups in total. The van der Waals surface area contributed by atoms with Crippen molar-refractivity contribution in [2.24, 2.45) is 0 Å². The molecule has 0 spiro atoms. The van der Waals surface area contributed by atoms with Gasteiger partial charge >= 0.3 is 0 Å². The highest BCUT2D eigenvalue weighted by molar-refractivity contribution is 6.13. The first-order valence-corrected chi connectivity index (χ1v) is 15.2. The van der Waals surface area contributed by atoms with Gasteiger partial charge < -0.3 is 0 Å². The van der Waals surface area contributed by atoms with Gasteiger partial charge in [0.25, 0.3) is 0 Å². The zero-order valence-corrected chi connectivity index (χ0v) is 24.1. The fourth-order valence-corrected chi connectivity index (χ4v) is 6.88. The first kappa shape index (κ1) is 24.9. The SMILES string of the molecule is c1ccc(-c2cnc(-n3c4c(c5cc6c(cc53)c3ccccc3n6-c3ncc(-c5ccccc5)cn3)CCCC4)nc2)cc1. The van der Waals surface area contributed by atoms with E-state index in [2.05, 4.69) is 69.8 Å². The molecule has 0 saturated carbocycles. The number of fused-ring (bicyclic) bond motifs is 6. The zero-order chi connectivity index (χ0) is 29.0. The molecule has 0 atom stereocenters. The smallest absolute Gasteiger partial charge is 0.234 e. The molecule has 4 aromatic heterocycles. The van der Waals surface area contributed by atoms with Crippen molar-refractivity contribution in [3.63, 3.8) is 0 Å². The first-order chi connectivity index (χ1) is 21.8. The molecule has 0 unspecified atom stereocenters. The molecule has 9 rings (SSSR count). The van der Waals surface area contributed by atoms with E-state index in [0.29, 0.717) is 5.95 Å². The maximum Gasteiger partial charge on any atom is 0.234 e. The molecule has 44 heavy (non-hydrogen) atoms. The Hall–Kier alpha value is -5.62. The summed E-state index contributed by atoms with van der Waals surface area (Å²) in [6, 6.07) is 33.8. The Kier molecular flexibility index (Phi) is 5.66. The molecule has 6 nitrogen and oxygen atoms in total. The van der Waals surface area contributed by atoms with Crippen LogP contribution in [-0.4, -0.2) is 29.1 Å². The maximum atomic E-state index is 4.91. The normalized spacial score (nSPS) is 13.1. The Morgan fingerprint density at radius 3 is 1.61 bits per heavy atom. The summed E-state index contributed by atoms with van der Waals surface area (Å²) in [5.74, 6) is 1.39. The molecular formula is C38H28N6. The second-order valence-electron chi connectivity index (χ2n) is 11.5. The lowest BCUT2D eigenvalue weighted by Gasteiger charge is -2.15. The number of aromatic nitrogens is 6. The van der Waals surface area contributed by atoms with Gasteiger partial charge in [0, 0.05) is 57.8 Å². The standard InChI is InChI=1S/C38H28N6/c1-3-11-25(12-4-1)27-21-39-37(40-22-27)43-33-17-9-7-15-29(33)31-20-36-32(19-35(31)43)30-16-8-10-18-34(30)44(36)38-41-23-28(24-42-38)26-13-5-2-6-14-26/h1-7,9,11-15,17,19-24H,8,10,16,18H2. The third-order valence-electron chi connectivity index (χ3n) is 8.96. The van der Waals surface area contributed by atoms with Gasteiger partial charge in [-0.25, -0.2) is 19.9 Å². The van der Waals surface area contributed by atoms with Crippen molar-refractivity contribution in [2.45, 2.75) is 25.7 Å². The topological polar surface area (TPSA) is 61.4 Å². The lowest BCUT2D eigenvalue weighted by Crippen LogP contribution is -2.09. The van der Waals surface area contributed by atoms with Crippen molar-refractivity contribution >= 4 is 32.7 Å². The molecule has 0 fully saturated rings. The lowest BCUT2D eigenvalue weighted by molar-refractivity contribution is 0.662. The number of aryl methyl sites for hydroxylation is 1. The predicted molar refractivity (Wildman–Crippen MR) is 176 cm³/mol. The Morgan fingerprint density at radius 1 is 0.432 bits per heavy atom. The van der Waals surface area contributed by atoms with E-state index in [4.69, 9.17) is 19.9 Å². The van der Waals surface area contributed by atoms with Crippen LogP contribution in [0.5, 0.6) is 0 Å². The summed E-state index contributed by atoms with van der Waals surface area (Å²) in [6.45, 7) is 0. The van der Waals surface area contributed by atoms with E-state index in [1.807, 2.05) is 61.2 Å². The van der Waals surface area contributed by atoms with Crippen LogP contribution < -0.4 is 0 Å². The third-order valence-corrected chi connectivity index (χ3v) is 8.96. The van der Waals surface area contributed by atoms with E-state index < -0.39 is 0 Å². The maximum absolute atomic E-state index is 4.91. The van der Waals surface area contributed by atoms with E-state index in [1.54, 1.807) is 0 Å². The third kappa shape index (κ3) is 3.88. The van der Waals surface area contributed by atoms with Crippen molar-refractivity contribution < 1.29 is 0 Å². The molecule has 1 aliphatic rings. The molecule has 0 aliphatic heterocycles. The number of hydrogen-bond acceptors (Lipinski definition) is 4. The largest absolute Gasteiger partial charge is 0.282 e. The highest BCUT2D eigenvalue weighted by Gasteiger charge is 2.25. The van der Waals surface area contributed by atoms with Crippen molar-refractivity contribution in [3.8, 4) is 34.2 Å². The Morgan fingerprint density at radius 2 is 0.955 bits per heavy atom. The molecular weight excluding hydrogens is 540 g/mol. The predicted octanol–water partition coefficient (Wildman–Crippen LogP) is 8.52. The van der Waals surface area contributed by atoms with Crippen molar-refractivity contribution in [1.29, 1.82) is 0 Å². The minimum atomic E-state index is 0.670. The molecule has 4 aromatic carbocycles. The van der Waals surface area contributed by atoms with Gasteiger partial charge in [-0.3, -0.25) is 9.13 Å². The quantitative estimate of drug-likeness (QED) is 0.214. The summed E-state index contributed by atoms with van der Waals surface area (Å²) in [5.41, 5.74) is 10.3. The van der Waals surface area contributed by atoms with Crippen LogP contribution in [-0.2, 0) is 12.8 Å². The second kappa shape index (κ2) is 9.99. The number of nitrogens with zero attached hydrogens (tertiary/aromatic N) is 6. The minimum absolute atomic E-state index is 0.670. The van der Waals surface area contributed by atoms with Gasteiger partial charge in [-0.05, 0) is 60.6 Å². The molecule has 0 radical (unpaired) electrons. The van der Waals surface area contributed by atoms with Crippen molar-refractivity contribution in [1.82, 2.24) is 29.1 Å². The summed E-state index contributed by atoms with van der Waals surface area (Å²) >= 11 is 0. The molecule has 8 aromatic rings. The van der Waals surface area contributed by atoms with Gasteiger partial charge in [-0.1, -0.05) is 78.9 Å². The fourth-order valence-electron chi connectivity index (χ4n) is 6.88. The van der Waals surface area contributed by atoms with E-state index in [9.17, 15) is 0 Å². The highest BCUT2D eigenvalue weighted by atomic mass is 15.2. The lowest BCUT2D eigenvalue weighted by atomic mass is 9.95. The zero-order valence-electron chi connectivity index (χ0n) is 24.1. The monoisotopic (exact) mass is 568 g/mol. The van der Waals surface area contributed by atoms with Crippen molar-refractivity contribution in [2.75, 3.05) is 0 Å². The average molecular weight is 569 g/mol. The average Bonchev–Trinajstić information content (AvgIpc) is 3.60. The van der Waals surface area contributed by atoms with Crippen LogP contribution in [0.4, 0.5) is 0 Å². The van der Waals surface area contributed by atoms with Gasteiger partial charge in [0.05, 0.1) is 16.6 Å². The number of benzene rings is 4. The summed E-state index contributed by atoms with van der Waals surface area (Å²) in [5, 5.41) is 3.60. The Bertz CT molecular complexity index is 2300. The minimum Gasteiger partial charge on any atom is -0.282 e. The molecule has 210 valence electrons. The van der Waals surface area contributed by atoms with Gasteiger partial charge in [-0.15, -0.1) is 0 Å². The van der Waals surface area contributed by atoms with E-state index in [0.717, 1.165) is 57.6 Å². The highest BCUT2D eigenvalue weighted by Crippen LogP contribution is 2.40. The van der Waals surface area contributed by atoms with Crippen LogP contribution in [0, 0.1) is 0 Å². The Balaban J connectivity index is 1.26. The van der Waals surface area contributed by atoms with Crippen LogP contribution in [0.3, 0.4) is 0 Å². The van der Waals surface area contributed by atoms with Crippen LogP contribution in [0.2, 0.25) is 0 Å². The van der Waals surface area contributed by atoms with E-state index in [1.165, 1.54) is 40.3 Å². The first-order valence-electron chi connectivity index (χ1n) is 15.2. The summed E-state index contributed by atoms with van der Waals surface area (Å²) in [7, 11) is 0. The molecule has 1 aliphatic carbocycles. The number of para-hydroxylation sites is 1. The van der Waals surface area contributed by atoms with Crippen LogP contribution in [0.15, 0.2) is 122 Å². The fraction of sp³-hybridized carbons (Fsp3) is 0.105. The summed E-state index contributed by atoms with van der Waals surface area (Å²) in [4.78, 5) is 19.6. The second-order valence-corrected chi connectivity index (χ2v) is 11.5. The molecule has 0 bridgehead atoms. The summed E-state index contributed by atoms with van der Waals surface area (Å²) in [6.07, 6.45) is 12.2. The number of hydrogen-bond donors (Lipinski definition) is 0. The van der Waals surface area contributed by atoms with Gasteiger partial charge in [0.15, 0.2) is 0 Å². The van der Waals surface area contributed by atoms with Gasteiger partial charge in [0.1, 0.15) is 0 Å². The van der Waals surface area contributed by atoms with Crippen LogP contribution in [0.1, 0.15) is 24.1 Å². The van der Waals surface area contributed by atoms with Crippen LogP contribution >= 0.6 is 0 Å². The van der Waals surface area contributed by atoms with Crippen LogP contribution in [0.25, 0.3) is 66.9 Å². The van der Waals surface area contributed by atoms with Crippen molar-refractivity contribution in [3.05, 3.63) is 133 Å².